The molecular weight excluding hydrogens is 372 g/mol. The predicted octanol–water partition coefficient (Wildman–Crippen LogP) is 0.182. The Morgan fingerprint density at radius 3 is 2.24 bits per heavy atom. The highest BCUT2D eigenvalue weighted by Crippen LogP contribution is 2.65. The Balaban J connectivity index is 1.79. The van der Waals surface area contributed by atoms with E-state index in [2.05, 4.69) is 19.2 Å². The number of Topliss-reactive ketones (excluding diaryl/α,β-unsaturated/α-hetero) is 1. The summed E-state index contributed by atoms with van der Waals surface area (Å²) in [6.45, 7) is 10.3. The van der Waals surface area contributed by atoms with E-state index in [1.807, 2.05) is 20.8 Å². The summed E-state index contributed by atoms with van der Waals surface area (Å²) < 4.78 is 0. The molecule has 3 amide bonds. The summed E-state index contributed by atoms with van der Waals surface area (Å²) >= 11 is 0. The summed E-state index contributed by atoms with van der Waals surface area (Å²) in [5.41, 5.74) is 10.9. The second kappa shape index (κ2) is 7.07. The average Bonchev–Trinajstić information content (AvgIpc) is 3.45. The van der Waals surface area contributed by atoms with Crippen molar-refractivity contribution < 1.29 is 19.2 Å². The summed E-state index contributed by atoms with van der Waals surface area (Å²) in [5, 5.41) is 2.74. The predicted molar refractivity (Wildman–Crippen MR) is 107 cm³/mol. The topological polar surface area (TPSA) is 136 Å². The molecule has 0 bridgehead atoms. The fourth-order valence-electron chi connectivity index (χ4n) is 4.71. The number of amides is 3. The summed E-state index contributed by atoms with van der Waals surface area (Å²) in [4.78, 5) is 51.6. The molecule has 1 heterocycles. The molecule has 5 N–H and O–H groups in total. The van der Waals surface area contributed by atoms with Crippen molar-refractivity contribution in [2.24, 2.45) is 40.1 Å². The van der Waals surface area contributed by atoms with Gasteiger partial charge in [-0.15, -0.1) is 0 Å². The van der Waals surface area contributed by atoms with Crippen LogP contribution in [-0.2, 0) is 19.2 Å². The molecular formula is C21H34N4O4. The zero-order valence-corrected chi connectivity index (χ0v) is 18.0. The Bertz CT molecular complexity index is 737. The van der Waals surface area contributed by atoms with E-state index in [0.29, 0.717) is 18.9 Å². The van der Waals surface area contributed by atoms with Gasteiger partial charge in [-0.05, 0) is 35.0 Å². The number of hydrogen-bond acceptors (Lipinski definition) is 5. The first kappa shape index (κ1) is 21.7. The number of piperidine rings is 1. The number of likely N-dealkylation sites (tertiary alicyclic amines) is 1. The largest absolute Gasteiger partial charge is 0.363 e. The molecule has 2 aliphatic carbocycles. The van der Waals surface area contributed by atoms with Crippen LogP contribution in [0, 0.1) is 28.6 Å². The van der Waals surface area contributed by atoms with Gasteiger partial charge >= 0.3 is 0 Å². The fraction of sp³-hybridized carbons (Fsp3) is 0.810. The quantitative estimate of drug-likeness (QED) is 0.518. The van der Waals surface area contributed by atoms with Crippen LogP contribution in [0.15, 0.2) is 0 Å². The van der Waals surface area contributed by atoms with Gasteiger partial charge in [0.1, 0.15) is 6.04 Å². The second-order valence-electron chi connectivity index (χ2n) is 10.7. The van der Waals surface area contributed by atoms with Crippen LogP contribution in [0.2, 0.25) is 0 Å². The maximum absolute atomic E-state index is 13.2. The zero-order valence-electron chi connectivity index (χ0n) is 18.0. The third-order valence-corrected chi connectivity index (χ3v) is 7.10. The van der Waals surface area contributed by atoms with Gasteiger partial charge in [-0.3, -0.25) is 19.2 Å². The van der Waals surface area contributed by atoms with Gasteiger partial charge < -0.3 is 21.7 Å². The van der Waals surface area contributed by atoms with Gasteiger partial charge in [-0.25, -0.2) is 0 Å². The SMILES string of the molecule is CC(C)(C)[C@H](N)C(=O)N1C[C@H]2[C@@H](C1C(=O)NC(CC1CC1)C(=O)C(N)=O)C2(C)C. The first-order valence-corrected chi connectivity index (χ1v) is 10.5. The third kappa shape index (κ3) is 4.04. The number of fused-ring (bicyclic) bond motifs is 1. The molecule has 3 fully saturated rings. The maximum atomic E-state index is 13.2. The minimum absolute atomic E-state index is 0.0175. The summed E-state index contributed by atoms with van der Waals surface area (Å²) in [5.74, 6) is -1.90. The number of carbonyl (C=O) groups is 4. The second-order valence-corrected chi connectivity index (χ2v) is 10.7. The molecule has 29 heavy (non-hydrogen) atoms. The number of nitrogens with two attached hydrogens (primary N) is 2. The van der Waals surface area contributed by atoms with Gasteiger partial charge in [0, 0.05) is 6.54 Å². The van der Waals surface area contributed by atoms with E-state index in [0.717, 1.165) is 12.8 Å². The van der Waals surface area contributed by atoms with Crippen LogP contribution in [0.25, 0.3) is 0 Å². The molecule has 0 radical (unpaired) electrons. The number of ketones is 1. The number of nitrogens with zero attached hydrogens (tertiary/aromatic N) is 1. The first-order chi connectivity index (χ1) is 13.3. The van der Waals surface area contributed by atoms with Crippen LogP contribution in [0.4, 0.5) is 0 Å². The molecule has 0 aromatic heterocycles. The fourth-order valence-corrected chi connectivity index (χ4v) is 4.71. The number of rotatable bonds is 7. The highest BCUT2D eigenvalue weighted by Gasteiger charge is 2.69. The van der Waals surface area contributed by atoms with Crippen molar-refractivity contribution >= 4 is 23.5 Å². The zero-order chi connectivity index (χ0) is 21.9. The molecule has 0 spiro atoms. The molecule has 2 unspecified atom stereocenters. The Morgan fingerprint density at radius 1 is 1.17 bits per heavy atom. The lowest BCUT2D eigenvalue weighted by Gasteiger charge is -2.36. The van der Waals surface area contributed by atoms with Gasteiger partial charge in [0.15, 0.2) is 0 Å². The van der Waals surface area contributed by atoms with E-state index in [-0.39, 0.29) is 23.2 Å². The van der Waals surface area contributed by atoms with Crippen molar-refractivity contribution in [1.29, 1.82) is 0 Å². The standard InChI is InChI=1S/C21H34N4O4/c1-20(2,3)16(22)19(29)25-9-11-13(21(11,4)5)14(25)18(28)24-12(8-10-6-7-10)15(26)17(23)27/h10-14,16H,6-9,22H2,1-5H3,(H2,23,27)(H,24,28)/t11-,12?,13-,14?,16+/m0/s1. The molecule has 1 aliphatic heterocycles. The average molecular weight is 407 g/mol. The van der Waals surface area contributed by atoms with Crippen molar-refractivity contribution in [2.75, 3.05) is 6.54 Å². The monoisotopic (exact) mass is 406 g/mol. The van der Waals surface area contributed by atoms with E-state index in [4.69, 9.17) is 11.5 Å². The Morgan fingerprint density at radius 2 is 1.76 bits per heavy atom. The van der Waals surface area contributed by atoms with Gasteiger partial charge in [-0.1, -0.05) is 47.5 Å². The van der Waals surface area contributed by atoms with Crippen molar-refractivity contribution in [3.63, 3.8) is 0 Å². The number of primary amides is 1. The summed E-state index contributed by atoms with van der Waals surface area (Å²) in [6, 6.07) is -2.34. The molecule has 3 rings (SSSR count). The van der Waals surface area contributed by atoms with Crippen molar-refractivity contribution in [1.82, 2.24) is 10.2 Å². The van der Waals surface area contributed by atoms with Crippen molar-refractivity contribution in [3.05, 3.63) is 0 Å². The Labute approximate surface area is 172 Å². The van der Waals surface area contributed by atoms with Crippen molar-refractivity contribution in [2.45, 2.75) is 72.0 Å². The molecule has 1 saturated heterocycles. The van der Waals surface area contributed by atoms with Crippen LogP contribution >= 0.6 is 0 Å². The lowest BCUT2D eigenvalue weighted by Crippen LogP contribution is -2.59. The smallest absolute Gasteiger partial charge is 0.287 e. The highest BCUT2D eigenvalue weighted by atomic mass is 16.2. The van der Waals surface area contributed by atoms with Crippen LogP contribution < -0.4 is 16.8 Å². The lowest BCUT2D eigenvalue weighted by molar-refractivity contribution is -0.144. The van der Waals surface area contributed by atoms with Crippen LogP contribution in [0.1, 0.15) is 53.9 Å². The lowest BCUT2D eigenvalue weighted by atomic mass is 9.86. The minimum atomic E-state index is -1.05. The van der Waals surface area contributed by atoms with Crippen LogP contribution in [0.5, 0.6) is 0 Å². The molecule has 162 valence electrons. The highest BCUT2D eigenvalue weighted by molar-refractivity contribution is 6.37. The van der Waals surface area contributed by atoms with E-state index in [1.54, 1.807) is 4.90 Å². The van der Waals surface area contributed by atoms with Crippen molar-refractivity contribution in [3.8, 4) is 0 Å². The molecule has 8 nitrogen and oxygen atoms in total. The van der Waals surface area contributed by atoms with Gasteiger partial charge in [0.2, 0.25) is 17.6 Å². The van der Waals surface area contributed by atoms with E-state index in [1.165, 1.54) is 0 Å². The molecule has 0 aromatic rings. The molecule has 8 heteroatoms. The van der Waals surface area contributed by atoms with Crippen LogP contribution in [-0.4, -0.2) is 53.1 Å². The third-order valence-electron chi connectivity index (χ3n) is 7.10. The Kier molecular flexibility index (Phi) is 5.30. The Hall–Kier alpha value is -1.96. The molecule has 0 aromatic carbocycles. The number of hydrogen-bond donors (Lipinski definition) is 3. The first-order valence-electron chi connectivity index (χ1n) is 10.5. The van der Waals surface area contributed by atoms with Gasteiger partial charge in [0.25, 0.3) is 5.91 Å². The normalized spacial score (nSPS) is 29.6. The van der Waals surface area contributed by atoms with E-state index >= 15 is 0 Å². The molecule has 3 aliphatic rings. The van der Waals surface area contributed by atoms with E-state index < -0.39 is 41.1 Å². The summed E-state index contributed by atoms with van der Waals surface area (Å²) in [7, 11) is 0. The van der Waals surface area contributed by atoms with E-state index in [9.17, 15) is 19.2 Å². The van der Waals surface area contributed by atoms with Gasteiger partial charge in [-0.2, -0.15) is 0 Å². The number of carbonyl (C=O) groups excluding carboxylic acids is 4. The number of nitrogens with one attached hydrogen (secondary N) is 1. The summed E-state index contributed by atoms with van der Waals surface area (Å²) in [6.07, 6.45) is 2.36. The molecule has 5 atom stereocenters. The van der Waals surface area contributed by atoms with Gasteiger partial charge in [0.05, 0.1) is 12.1 Å². The van der Waals surface area contributed by atoms with Crippen LogP contribution in [0.3, 0.4) is 0 Å². The minimum Gasteiger partial charge on any atom is -0.363 e. The molecule has 2 saturated carbocycles. The maximum Gasteiger partial charge on any atom is 0.287 e.